The summed E-state index contributed by atoms with van der Waals surface area (Å²) < 4.78 is 55.6. The van der Waals surface area contributed by atoms with Crippen LogP contribution >= 0.6 is 0 Å². The van der Waals surface area contributed by atoms with Crippen molar-refractivity contribution in [2.45, 2.75) is 6.92 Å². The molecule has 0 spiro atoms. The third-order valence-corrected chi connectivity index (χ3v) is 1.06. The maximum absolute atomic E-state index is 9.44. The van der Waals surface area contributed by atoms with E-state index in [0.29, 0.717) is 6.26 Å². The molecule has 0 rings (SSSR count). The smallest absolute Gasteiger partial charge is 0.748 e. The van der Waals surface area contributed by atoms with E-state index in [2.05, 4.69) is 0 Å². The Bertz CT molecular complexity index is 268. The molecule has 0 radical (unpaired) electrons. The van der Waals surface area contributed by atoms with Crippen molar-refractivity contribution in [3.8, 4) is 0 Å². The Morgan fingerprint density at radius 2 is 1.17 bits per heavy atom. The maximum atomic E-state index is 9.44. The Hall–Kier alpha value is 1.30. The molecule has 9 heteroatoms. The predicted molar refractivity (Wildman–Crippen MR) is 41.6 cm³/mol. The van der Waals surface area contributed by atoms with Gasteiger partial charge in [-0.2, -0.15) is 0 Å². The zero-order valence-electron chi connectivity index (χ0n) is 6.68. The number of rotatable bonds is 1. The van der Waals surface area contributed by atoms with E-state index < -0.39 is 20.2 Å². The van der Waals surface area contributed by atoms with Gasteiger partial charge in [0.2, 0.25) is 0 Å². The molecule has 0 N–H and O–H groups in total. The van der Waals surface area contributed by atoms with Crippen LogP contribution in [-0.4, -0.2) is 83.4 Å². The fourth-order valence-electron chi connectivity index (χ4n) is 0. The number of hydrogen-bond acceptors (Lipinski definition) is 6. The van der Waals surface area contributed by atoms with Gasteiger partial charge < -0.3 is 9.11 Å². The van der Waals surface area contributed by atoms with E-state index in [0.717, 1.165) is 0 Å². The van der Waals surface area contributed by atoms with E-state index in [1.54, 1.807) is 0 Å². The van der Waals surface area contributed by atoms with Gasteiger partial charge in [0.25, 0.3) is 0 Å². The van der Waals surface area contributed by atoms with Gasteiger partial charge in [-0.1, -0.05) is 6.92 Å². The van der Waals surface area contributed by atoms with E-state index in [4.69, 9.17) is 13.0 Å². The zero-order chi connectivity index (χ0) is 9.71. The van der Waals surface area contributed by atoms with E-state index in [1.807, 2.05) is 0 Å². The van der Waals surface area contributed by atoms with Gasteiger partial charge in [-0.05, 0) is 0 Å². The van der Waals surface area contributed by atoms with Crippen molar-refractivity contribution in [2.75, 3.05) is 12.0 Å². The van der Waals surface area contributed by atoms with Crippen molar-refractivity contribution < 1.29 is 25.9 Å². The third-order valence-electron chi connectivity index (χ3n) is 0.354. The van der Waals surface area contributed by atoms with Crippen LogP contribution in [-0.2, 0) is 20.2 Å². The van der Waals surface area contributed by atoms with Gasteiger partial charge in [-0.3, -0.25) is 0 Å². The molecule has 0 atom stereocenters. The fourth-order valence-corrected chi connectivity index (χ4v) is 0. The van der Waals surface area contributed by atoms with Gasteiger partial charge in [-0.25, -0.2) is 16.8 Å². The monoisotopic (exact) mass is 292 g/mol. The Labute approximate surface area is 109 Å². The second-order valence-corrected chi connectivity index (χ2v) is 4.65. The standard InChI is InChI=1S/C2H6O3S.CH4O3S.Sr/c1-2-6(3,4)5;1-5(2,3)4;/h2H2,1H3,(H,3,4,5);1H3,(H,2,3,4);/q;;+2/p-2. The molecule has 0 aliphatic rings. The molecule has 0 heterocycles. The molecule has 0 fully saturated rings. The Kier molecular flexibility index (Phi) is 12.1. The molecule has 6 nitrogen and oxygen atoms in total. The molecular formula is C3H8O6S2Sr. The summed E-state index contributed by atoms with van der Waals surface area (Å²) in [6.07, 6.45) is 0.604. The van der Waals surface area contributed by atoms with Crippen LogP contribution in [0, 0.1) is 0 Å². The average Bonchev–Trinajstić information content (AvgIpc) is 1.59. The molecule has 0 aromatic rings. The van der Waals surface area contributed by atoms with Gasteiger partial charge in [0, 0.05) is 12.0 Å². The Morgan fingerprint density at radius 1 is 1.08 bits per heavy atom. The summed E-state index contributed by atoms with van der Waals surface area (Å²) in [5.74, 6) is -0.312. The van der Waals surface area contributed by atoms with Gasteiger partial charge in [0.15, 0.2) is 0 Å². The van der Waals surface area contributed by atoms with Crippen LogP contribution < -0.4 is 0 Å². The summed E-state index contributed by atoms with van der Waals surface area (Å²) in [7, 11) is -7.83. The Balaban J connectivity index is -0.000000126. The van der Waals surface area contributed by atoms with Crippen molar-refractivity contribution in [2.24, 2.45) is 0 Å². The predicted octanol–water partition coefficient (Wildman–Crippen LogP) is -1.67. The first-order chi connectivity index (χ1) is 4.56. The minimum Gasteiger partial charge on any atom is -0.748 e. The van der Waals surface area contributed by atoms with Crippen molar-refractivity contribution in [3.05, 3.63) is 0 Å². The molecule has 70 valence electrons. The topological polar surface area (TPSA) is 114 Å². The molecule has 0 amide bonds. The minimum absolute atomic E-state index is 0. The van der Waals surface area contributed by atoms with Crippen LogP contribution in [0.5, 0.6) is 0 Å². The Morgan fingerprint density at radius 3 is 1.17 bits per heavy atom. The van der Waals surface area contributed by atoms with Crippen LogP contribution in [0.15, 0.2) is 0 Å². The van der Waals surface area contributed by atoms with Crippen molar-refractivity contribution in [1.29, 1.82) is 0 Å². The largest absolute Gasteiger partial charge is 2.00 e. The third kappa shape index (κ3) is 64.8. The van der Waals surface area contributed by atoms with E-state index in [-0.39, 0.29) is 51.2 Å². The van der Waals surface area contributed by atoms with Gasteiger partial charge in [0.1, 0.15) is 0 Å². The molecule has 0 aromatic heterocycles. The van der Waals surface area contributed by atoms with Gasteiger partial charge in [0.05, 0.1) is 20.2 Å². The molecular weight excluding hydrogens is 284 g/mol. The summed E-state index contributed by atoms with van der Waals surface area (Å²) in [5, 5.41) is 0. The molecule has 0 bridgehead atoms. The molecule has 0 aliphatic carbocycles. The van der Waals surface area contributed by atoms with Crippen LogP contribution in [0.2, 0.25) is 0 Å². The summed E-state index contributed by atoms with van der Waals surface area (Å²) >= 11 is 0. The van der Waals surface area contributed by atoms with Crippen LogP contribution in [0.4, 0.5) is 0 Å². The first kappa shape index (κ1) is 19.0. The van der Waals surface area contributed by atoms with Crippen LogP contribution in [0.3, 0.4) is 0 Å². The average molecular weight is 292 g/mol. The first-order valence-electron chi connectivity index (χ1n) is 2.40. The van der Waals surface area contributed by atoms with Gasteiger partial charge >= 0.3 is 45.5 Å². The van der Waals surface area contributed by atoms with Crippen molar-refractivity contribution in [1.82, 2.24) is 0 Å². The summed E-state index contributed by atoms with van der Waals surface area (Å²) in [6, 6.07) is 0. The summed E-state index contributed by atoms with van der Waals surface area (Å²) in [5.41, 5.74) is 0. The second kappa shape index (κ2) is 7.68. The molecule has 0 aromatic carbocycles. The first-order valence-corrected chi connectivity index (χ1v) is 5.80. The zero-order valence-corrected chi connectivity index (χ0v) is 11.8. The van der Waals surface area contributed by atoms with Crippen LogP contribution in [0.1, 0.15) is 6.92 Å². The second-order valence-electron chi connectivity index (χ2n) is 1.55. The molecule has 12 heavy (non-hydrogen) atoms. The molecule has 0 saturated carbocycles. The summed E-state index contributed by atoms with van der Waals surface area (Å²) in [6.45, 7) is 1.31. The quantitative estimate of drug-likeness (QED) is 0.421. The van der Waals surface area contributed by atoms with E-state index in [1.165, 1.54) is 6.92 Å². The summed E-state index contributed by atoms with van der Waals surface area (Å²) in [4.78, 5) is 0. The molecule has 0 aliphatic heterocycles. The molecule has 0 unspecified atom stereocenters. The molecule has 0 saturated heterocycles. The van der Waals surface area contributed by atoms with Crippen LogP contribution in [0.25, 0.3) is 0 Å². The normalized spacial score (nSPS) is 10.7. The van der Waals surface area contributed by atoms with Crippen molar-refractivity contribution >= 4 is 65.7 Å². The van der Waals surface area contributed by atoms with E-state index >= 15 is 0 Å². The SMILES string of the molecule is CCS(=O)(=O)[O-].CS(=O)(=O)[O-].[Sr+2]. The van der Waals surface area contributed by atoms with Gasteiger partial charge in [-0.15, -0.1) is 0 Å². The van der Waals surface area contributed by atoms with Crippen molar-refractivity contribution in [3.63, 3.8) is 0 Å². The van der Waals surface area contributed by atoms with E-state index in [9.17, 15) is 13.0 Å². The number of hydrogen-bond donors (Lipinski definition) is 0. The maximum Gasteiger partial charge on any atom is 2.00 e. The minimum atomic E-state index is -3.92. The fraction of sp³-hybridized carbons (Fsp3) is 1.00.